The third kappa shape index (κ3) is 3.07. The zero-order valence-electron chi connectivity index (χ0n) is 10.6. The number of nitrogens with zero attached hydrogens (tertiary/aromatic N) is 2. The summed E-state index contributed by atoms with van der Waals surface area (Å²) in [6.45, 7) is 3.67. The molecule has 5 nitrogen and oxygen atoms in total. The Morgan fingerprint density at radius 1 is 1.22 bits per heavy atom. The molecule has 18 heavy (non-hydrogen) atoms. The Hall–Kier alpha value is -1.88. The largest absolute Gasteiger partial charge is 0.497 e. The lowest BCUT2D eigenvalue weighted by Gasteiger charge is -1.99. The molecule has 0 bridgehead atoms. The average Bonchev–Trinajstić information content (AvgIpc) is 2.88. The van der Waals surface area contributed by atoms with E-state index in [4.69, 9.17) is 9.15 Å². The second kappa shape index (κ2) is 6.16. The molecule has 0 saturated carbocycles. The SMILES string of the molecule is CCCNCc1nnc(-c2ccc(OC)cc2)o1. The Balaban J connectivity index is 2.04. The van der Waals surface area contributed by atoms with Gasteiger partial charge >= 0.3 is 0 Å². The molecule has 0 unspecified atom stereocenters. The van der Waals surface area contributed by atoms with Crippen LogP contribution in [-0.4, -0.2) is 23.9 Å². The molecule has 2 aromatic rings. The first-order valence-electron chi connectivity index (χ1n) is 6.01. The highest BCUT2D eigenvalue weighted by Crippen LogP contribution is 2.20. The second-order valence-electron chi connectivity index (χ2n) is 3.91. The molecule has 1 N–H and O–H groups in total. The van der Waals surface area contributed by atoms with Crippen molar-refractivity contribution in [2.24, 2.45) is 0 Å². The number of hydrogen-bond donors (Lipinski definition) is 1. The van der Waals surface area contributed by atoms with Crippen LogP contribution in [0.25, 0.3) is 11.5 Å². The number of ether oxygens (including phenoxy) is 1. The fourth-order valence-electron chi connectivity index (χ4n) is 1.55. The maximum Gasteiger partial charge on any atom is 0.247 e. The standard InChI is InChI=1S/C13H17N3O2/c1-3-8-14-9-12-15-16-13(18-12)10-4-6-11(17-2)7-5-10/h4-7,14H,3,8-9H2,1-2H3. The molecule has 0 spiro atoms. The molecule has 5 heteroatoms. The third-order valence-electron chi connectivity index (χ3n) is 2.51. The van der Waals surface area contributed by atoms with E-state index in [1.165, 1.54) is 0 Å². The third-order valence-corrected chi connectivity index (χ3v) is 2.51. The van der Waals surface area contributed by atoms with Gasteiger partial charge in [-0.3, -0.25) is 0 Å². The maximum absolute atomic E-state index is 5.56. The van der Waals surface area contributed by atoms with Crippen LogP contribution in [0, 0.1) is 0 Å². The van der Waals surface area contributed by atoms with E-state index in [2.05, 4.69) is 22.4 Å². The highest BCUT2D eigenvalue weighted by atomic mass is 16.5. The van der Waals surface area contributed by atoms with Crippen molar-refractivity contribution in [3.8, 4) is 17.2 Å². The molecule has 0 aliphatic rings. The minimum atomic E-state index is 0.533. The van der Waals surface area contributed by atoms with Gasteiger partial charge in [0.05, 0.1) is 13.7 Å². The minimum absolute atomic E-state index is 0.533. The lowest BCUT2D eigenvalue weighted by molar-refractivity contribution is 0.415. The van der Waals surface area contributed by atoms with E-state index in [0.717, 1.165) is 24.3 Å². The number of aromatic nitrogens is 2. The molecule has 0 saturated heterocycles. The van der Waals surface area contributed by atoms with Crippen LogP contribution < -0.4 is 10.1 Å². The van der Waals surface area contributed by atoms with Gasteiger partial charge in [-0.2, -0.15) is 0 Å². The van der Waals surface area contributed by atoms with E-state index in [0.29, 0.717) is 18.3 Å². The van der Waals surface area contributed by atoms with Crippen molar-refractivity contribution in [2.45, 2.75) is 19.9 Å². The summed E-state index contributed by atoms with van der Waals surface area (Å²) in [6.07, 6.45) is 1.08. The normalized spacial score (nSPS) is 10.6. The van der Waals surface area contributed by atoms with E-state index >= 15 is 0 Å². The van der Waals surface area contributed by atoms with Crippen molar-refractivity contribution < 1.29 is 9.15 Å². The number of rotatable bonds is 6. The lowest BCUT2D eigenvalue weighted by atomic mass is 10.2. The molecule has 0 aliphatic carbocycles. The Bertz CT molecular complexity index is 479. The lowest BCUT2D eigenvalue weighted by Crippen LogP contribution is -2.13. The molecular weight excluding hydrogens is 230 g/mol. The van der Waals surface area contributed by atoms with Gasteiger partial charge in [-0.25, -0.2) is 0 Å². The van der Waals surface area contributed by atoms with Crippen LogP contribution in [0.3, 0.4) is 0 Å². The van der Waals surface area contributed by atoms with E-state index in [1.54, 1.807) is 7.11 Å². The summed E-state index contributed by atoms with van der Waals surface area (Å²) in [7, 11) is 1.64. The first-order valence-corrected chi connectivity index (χ1v) is 6.01. The van der Waals surface area contributed by atoms with E-state index in [1.807, 2.05) is 24.3 Å². The summed E-state index contributed by atoms with van der Waals surface area (Å²) in [5.74, 6) is 1.95. The molecular formula is C13H17N3O2. The van der Waals surface area contributed by atoms with Crippen LogP contribution in [0.5, 0.6) is 5.75 Å². The summed E-state index contributed by atoms with van der Waals surface area (Å²) in [5.41, 5.74) is 0.894. The Kier molecular flexibility index (Phi) is 4.30. The van der Waals surface area contributed by atoms with Crippen LogP contribution in [0.4, 0.5) is 0 Å². The van der Waals surface area contributed by atoms with Gasteiger partial charge in [-0.05, 0) is 37.2 Å². The van der Waals surface area contributed by atoms with E-state index in [-0.39, 0.29) is 0 Å². The molecule has 0 radical (unpaired) electrons. The molecule has 0 atom stereocenters. The van der Waals surface area contributed by atoms with Crippen LogP contribution in [0.1, 0.15) is 19.2 Å². The predicted molar refractivity (Wildman–Crippen MR) is 68.3 cm³/mol. The highest BCUT2D eigenvalue weighted by Gasteiger charge is 2.07. The maximum atomic E-state index is 5.56. The quantitative estimate of drug-likeness (QED) is 0.793. The van der Waals surface area contributed by atoms with Crippen molar-refractivity contribution in [1.82, 2.24) is 15.5 Å². The zero-order valence-corrected chi connectivity index (χ0v) is 10.6. The first kappa shape index (κ1) is 12.6. The molecule has 1 aromatic carbocycles. The summed E-state index contributed by atoms with van der Waals surface area (Å²) in [4.78, 5) is 0. The minimum Gasteiger partial charge on any atom is -0.497 e. The van der Waals surface area contributed by atoms with Crippen LogP contribution in [0.15, 0.2) is 28.7 Å². The van der Waals surface area contributed by atoms with Crippen LogP contribution >= 0.6 is 0 Å². The van der Waals surface area contributed by atoms with Gasteiger partial charge in [0.2, 0.25) is 11.8 Å². The summed E-state index contributed by atoms with van der Waals surface area (Å²) < 4.78 is 10.7. The highest BCUT2D eigenvalue weighted by molar-refractivity contribution is 5.53. The molecule has 1 heterocycles. The van der Waals surface area contributed by atoms with Gasteiger partial charge in [0.1, 0.15) is 5.75 Å². The van der Waals surface area contributed by atoms with Crippen molar-refractivity contribution in [1.29, 1.82) is 0 Å². The fraction of sp³-hybridized carbons (Fsp3) is 0.385. The number of nitrogens with one attached hydrogen (secondary N) is 1. The molecule has 0 aliphatic heterocycles. The molecule has 2 rings (SSSR count). The van der Waals surface area contributed by atoms with Gasteiger partial charge in [0, 0.05) is 5.56 Å². The van der Waals surface area contributed by atoms with Gasteiger partial charge in [-0.1, -0.05) is 6.92 Å². The Morgan fingerprint density at radius 3 is 2.67 bits per heavy atom. The zero-order chi connectivity index (χ0) is 12.8. The van der Waals surface area contributed by atoms with Gasteiger partial charge in [0.25, 0.3) is 0 Å². The van der Waals surface area contributed by atoms with Crippen molar-refractivity contribution in [3.05, 3.63) is 30.2 Å². The van der Waals surface area contributed by atoms with Gasteiger partial charge in [-0.15, -0.1) is 10.2 Å². The summed E-state index contributed by atoms with van der Waals surface area (Å²) in [5, 5.41) is 11.2. The molecule has 0 fully saturated rings. The van der Waals surface area contributed by atoms with Gasteiger partial charge in [0.15, 0.2) is 0 Å². The van der Waals surface area contributed by atoms with E-state index < -0.39 is 0 Å². The van der Waals surface area contributed by atoms with Crippen LogP contribution in [-0.2, 0) is 6.54 Å². The smallest absolute Gasteiger partial charge is 0.247 e. The van der Waals surface area contributed by atoms with Crippen molar-refractivity contribution in [3.63, 3.8) is 0 Å². The number of methoxy groups -OCH3 is 1. The van der Waals surface area contributed by atoms with Gasteiger partial charge < -0.3 is 14.5 Å². The first-order chi connectivity index (χ1) is 8.83. The molecule has 1 aromatic heterocycles. The Morgan fingerprint density at radius 2 is 2.00 bits per heavy atom. The predicted octanol–water partition coefficient (Wildman–Crippen LogP) is 2.24. The van der Waals surface area contributed by atoms with Crippen molar-refractivity contribution >= 4 is 0 Å². The monoisotopic (exact) mass is 247 g/mol. The van der Waals surface area contributed by atoms with Crippen LogP contribution in [0.2, 0.25) is 0 Å². The van der Waals surface area contributed by atoms with Crippen molar-refractivity contribution in [2.75, 3.05) is 13.7 Å². The second-order valence-corrected chi connectivity index (χ2v) is 3.91. The van der Waals surface area contributed by atoms with E-state index in [9.17, 15) is 0 Å². The topological polar surface area (TPSA) is 60.2 Å². The number of benzene rings is 1. The summed E-state index contributed by atoms with van der Waals surface area (Å²) >= 11 is 0. The molecule has 96 valence electrons. The number of hydrogen-bond acceptors (Lipinski definition) is 5. The summed E-state index contributed by atoms with van der Waals surface area (Å²) in [6, 6.07) is 7.54. The molecule has 0 amide bonds. The Labute approximate surface area is 106 Å². The fourth-order valence-corrected chi connectivity index (χ4v) is 1.55. The average molecular weight is 247 g/mol.